The molecule has 1 aromatic heterocycles. The number of hydrogen-bond donors (Lipinski definition) is 1. The Labute approximate surface area is 115 Å². The van der Waals surface area contributed by atoms with Crippen LogP contribution in [0.15, 0.2) is 24.4 Å². The Morgan fingerprint density at radius 1 is 1.21 bits per heavy atom. The van der Waals surface area contributed by atoms with Crippen LogP contribution < -0.4 is 5.32 Å². The normalized spacial score (nSPS) is 10.9. The van der Waals surface area contributed by atoms with E-state index in [0.29, 0.717) is 0 Å². The van der Waals surface area contributed by atoms with Crippen molar-refractivity contribution < 1.29 is 0 Å². The molecule has 0 atom stereocenters. The zero-order chi connectivity index (χ0) is 13.8. The van der Waals surface area contributed by atoms with Gasteiger partial charge >= 0.3 is 0 Å². The van der Waals surface area contributed by atoms with E-state index in [-0.39, 0.29) is 0 Å². The van der Waals surface area contributed by atoms with E-state index in [1.807, 2.05) is 13.2 Å². The van der Waals surface area contributed by atoms with Gasteiger partial charge in [0.05, 0.1) is 6.20 Å². The van der Waals surface area contributed by atoms with Gasteiger partial charge in [0, 0.05) is 24.3 Å². The van der Waals surface area contributed by atoms with Gasteiger partial charge in [-0.1, -0.05) is 30.7 Å². The molecule has 0 unspecified atom stereocenters. The van der Waals surface area contributed by atoms with Crippen molar-refractivity contribution in [2.24, 2.45) is 0 Å². The number of nitrogens with one attached hydrogen (secondary N) is 1. The highest BCUT2D eigenvalue weighted by Gasteiger charge is 2.12. The average Bonchev–Trinajstić information content (AvgIpc) is 2.74. The molecule has 3 heteroatoms. The topological polar surface area (TPSA) is 29.9 Å². The van der Waals surface area contributed by atoms with Crippen LogP contribution in [0.25, 0.3) is 11.1 Å². The molecule has 0 radical (unpaired) electrons. The summed E-state index contributed by atoms with van der Waals surface area (Å²) in [5.74, 6) is 0. The van der Waals surface area contributed by atoms with E-state index in [9.17, 15) is 0 Å². The second-order valence-corrected chi connectivity index (χ2v) is 5.06. The largest absolute Gasteiger partial charge is 0.316 e. The van der Waals surface area contributed by atoms with Crippen LogP contribution in [-0.2, 0) is 13.1 Å². The Hall–Kier alpha value is -1.61. The van der Waals surface area contributed by atoms with Crippen LogP contribution in [0.2, 0.25) is 0 Å². The SMILES string of the molecule is CCCn1ncc(-c2cc(C)ccc2CNC)c1C. The minimum atomic E-state index is 0.883. The van der Waals surface area contributed by atoms with Crippen molar-refractivity contribution in [1.29, 1.82) is 0 Å². The zero-order valence-corrected chi connectivity index (χ0v) is 12.3. The van der Waals surface area contributed by atoms with E-state index in [4.69, 9.17) is 0 Å². The van der Waals surface area contributed by atoms with Crippen molar-refractivity contribution in [1.82, 2.24) is 15.1 Å². The molecule has 0 saturated heterocycles. The summed E-state index contributed by atoms with van der Waals surface area (Å²) in [6.07, 6.45) is 3.11. The molecule has 2 rings (SSSR count). The fourth-order valence-corrected chi connectivity index (χ4v) is 2.43. The second kappa shape index (κ2) is 6.02. The van der Waals surface area contributed by atoms with Crippen molar-refractivity contribution in [2.75, 3.05) is 7.05 Å². The van der Waals surface area contributed by atoms with Crippen LogP contribution in [0, 0.1) is 13.8 Å². The number of aromatic nitrogens is 2. The molecular weight excluding hydrogens is 234 g/mol. The standard InChI is InChI=1S/C16H23N3/c1-5-8-19-13(3)16(11-18-19)15-9-12(2)6-7-14(15)10-17-4/h6-7,9,11,17H,5,8,10H2,1-4H3. The first-order valence-corrected chi connectivity index (χ1v) is 6.94. The first kappa shape index (κ1) is 13.8. The smallest absolute Gasteiger partial charge is 0.0571 e. The fraction of sp³-hybridized carbons (Fsp3) is 0.438. The number of benzene rings is 1. The number of aryl methyl sites for hydroxylation is 2. The van der Waals surface area contributed by atoms with E-state index in [1.165, 1.54) is 27.9 Å². The molecule has 1 N–H and O–H groups in total. The molecule has 0 aliphatic heterocycles. The van der Waals surface area contributed by atoms with Gasteiger partial charge in [0.2, 0.25) is 0 Å². The molecule has 0 spiro atoms. The predicted molar refractivity (Wildman–Crippen MR) is 80.2 cm³/mol. The molecule has 1 aromatic carbocycles. The minimum Gasteiger partial charge on any atom is -0.316 e. The maximum absolute atomic E-state index is 4.51. The molecule has 0 aliphatic carbocycles. The summed E-state index contributed by atoms with van der Waals surface area (Å²) in [6.45, 7) is 8.34. The van der Waals surface area contributed by atoms with Crippen LogP contribution in [0.3, 0.4) is 0 Å². The van der Waals surface area contributed by atoms with Crippen molar-refractivity contribution >= 4 is 0 Å². The van der Waals surface area contributed by atoms with Gasteiger partial charge < -0.3 is 5.32 Å². The van der Waals surface area contributed by atoms with E-state index in [0.717, 1.165) is 19.5 Å². The minimum absolute atomic E-state index is 0.883. The van der Waals surface area contributed by atoms with Crippen LogP contribution in [0.4, 0.5) is 0 Å². The molecule has 0 amide bonds. The summed E-state index contributed by atoms with van der Waals surface area (Å²) < 4.78 is 2.10. The Morgan fingerprint density at radius 2 is 2.00 bits per heavy atom. The van der Waals surface area contributed by atoms with Crippen LogP contribution >= 0.6 is 0 Å². The fourth-order valence-electron chi connectivity index (χ4n) is 2.43. The lowest BCUT2D eigenvalue weighted by Crippen LogP contribution is -2.07. The molecule has 0 aliphatic rings. The average molecular weight is 257 g/mol. The summed E-state index contributed by atoms with van der Waals surface area (Å²) in [5, 5.41) is 7.75. The Balaban J connectivity index is 2.48. The van der Waals surface area contributed by atoms with Crippen LogP contribution in [0.5, 0.6) is 0 Å². The van der Waals surface area contributed by atoms with E-state index >= 15 is 0 Å². The van der Waals surface area contributed by atoms with Gasteiger partial charge in [-0.2, -0.15) is 5.10 Å². The highest BCUT2D eigenvalue weighted by Crippen LogP contribution is 2.28. The van der Waals surface area contributed by atoms with Crippen molar-refractivity contribution in [2.45, 2.75) is 40.3 Å². The van der Waals surface area contributed by atoms with E-state index < -0.39 is 0 Å². The lowest BCUT2D eigenvalue weighted by molar-refractivity contribution is 0.587. The van der Waals surface area contributed by atoms with Gasteiger partial charge in [-0.05, 0) is 38.4 Å². The summed E-state index contributed by atoms with van der Waals surface area (Å²) in [4.78, 5) is 0. The lowest BCUT2D eigenvalue weighted by atomic mass is 9.98. The van der Waals surface area contributed by atoms with Gasteiger partial charge in [0.1, 0.15) is 0 Å². The van der Waals surface area contributed by atoms with Gasteiger partial charge in [0.25, 0.3) is 0 Å². The molecule has 0 bridgehead atoms. The van der Waals surface area contributed by atoms with Crippen molar-refractivity contribution in [3.8, 4) is 11.1 Å². The van der Waals surface area contributed by atoms with Gasteiger partial charge in [-0.15, -0.1) is 0 Å². The second-order valence-electron chi connectivity index (χ2n) is 5.06. The molecular formula is C16H23N3. The molecule has 0 fully saturated rings. The quantitative estimate of drug-likeness (QED) is 0.890. The van der Waals surface area contributed by atoms with Gasteiger partial charge in [-0.25, -0.2) is 0 Å². The molecule has 1 heterocycles. The molecule has 102 valence electrons. The maximum atomic E-state index is 4.51. The maximum Gasteiger partial charge on any atom is 0.0571 e. The molecule has 0 saturated carbocycles. The van der Waals surface area contributed by atoms with E-state index in [2.05, 4.69) is 54.1 Å². The number of rotatable bonds is 5. The van der Waals surface area contributed by atoms with Crippen LogP contribution in [-0.4, -0.2) is 16.8 Å². The van der Waals surface area contributed by atoms with Gasteiger partial charge in [-0.3, -0.25) is 4.68 Å². The molecule has 3 nitrogen and oxygen atoms in total. The number of hydrogen-bond acceptors (Lipinski definition) is 2. The van der Waals surface area contributed by atoms with Crippen molar-refractivity contribution in [3.63, 3.8) is 0 Å². The lowest BCUT2D eigenvalue weighted by Gasteiger charge is -2.11. The van der Waals surface area contributed by atoms with Crippen LogP contribution in [0.1, 0.15) is 30.2 Å². The zero-order valence-electron chi connectivity index (χ0n) is 12.3. The number of nitrogens with zero attached hydrogens (tertiary/aromatic N) is 2. The predicted octanol–water partition coefficient (Wildman–Crippen LogP) is 3.30. The Morgan fingerprint density at radius 3 is 2.68 bits per heavy atom. The third kappa shape index (κ3) is 2.87. The summed E-state index contributed by atoms with van der Waals surface area (Å²) in [6, 6.07) is 6.63. The van der Waals surface area contributed by atoms with E-state index in [1.54, 1.807) is 0 Å². The third-order valence-electron chi connectivity index (χ3n) is 3.46. The Bertz CT molecular complexity index is 555. The van der Waals surface area contributed by atoms with Crippen molar-refractivity contribution in [3.05, 3.63) is 41.2 Å². The summed E-state index contributed by atoms with van der Waals surface area (Å²) >= 11 is 0. The summed E-state index contributed by atoms with van der Waals surface area (Å²) in [7, 11) is 1.98. The first-order chi connectivity index (χ1) is 9.17. The Kier molecular flexibility index (Phi) is 4.38. The molecule has 19 heavy (non-hydrogen) atoms. The van der Waals surface area contributed by atoms with Gasteiger partial charge in [0.15, 0.2) is 0 Å². The third-order valence-corrected chi connectivity index (χ3v) is 3.46. The highest BCUT2D eigenvalue weighted by molar-refractivity contribution is 5.69. The molecule has 2 aromatic rings. The first-order valence-electron chi connectivity index (χ1n) is 6.94. The highest BCUT2D eigenvalue weighted by atomic mass is 15.3. The summed E-state index contributed by atoms with van der Waals surface area (Å²) in [5.41, 5.74) is 6.42. The monoisotopic (exact) mass is 257 g/mol.